The van der Waals surface area contributed by atoms with Gasteiger partial charge in [-0.1, -0.05) is 17.7 Å². The van der Waals surface area contributed by atoms with Crippen LogP contribution in [-0.2, 0) is 4.74 Å². The zero-order valence-corrected chi connectivity index (χ0v) is 14.1. The van der Waals surface area contributed by atoms with E-state index in [1.54, 1.807) is 17.2 Å². The van der Waals surface area contributed by atoms with Crippen LogP contribution in [0.5, 0.6) is 0 Å². The van der Waals surface area contributed by atoms with Gasteiger partial charge in [-0.25, -0.2) is 14.6 Å². The molecule has 0 radical (unpaired) electrons. The number of fused-ring (bicyclic) bond motifs is 1. The highest BCUT2D eigenvalue weighted by Crippen LogP contribution is 2.25. The molecule has 0 bridgehead atoms. The average Bonchev–Trinajstić information content (AvgIpc) is 3.24. The smallest absolute Gasteiger partial charge is 0.168 e. The first-order chi connectivity index (χ1) is 11.7. The van der Waals surface area contributed by atoms with Gasteiger partial charge in [0.05, 0.1) is 23.4 Å². The van der Waals surface area contributed by atoms with Crippen LogP contribution in [0.3, 0.4) is 0 Å². The minimum Gasteiger partial charge on any atom is -0.376 e. The molecule has 1 aliphatic rings. The molecule has 124 valence electrons. The van der Waals surface area contributed by atoms with Gasteiger partial charge in [-0.2, -0.15) is 5.10 Å². The largest absolute Gasteiger partial charge is 0.376 e. The number of nitrogens with zero attached hydrogens (tertiary/aromatic N) is 4. The van der Waals surface area contributed by atoms with Gasteiger partial charge in [-0.15, -0.1) is 0 Å². The van der Waals surface area contributed by atoms with Gasteiger partial charge >= 0.3 is 0 Å². The maximum Gasteiger partial charge on any atom is 0.168 e. The molecule has 1 N–H and O–H groups in total. The maximum atomic E-state index is 6.14. The molecule has 3 heterocycles. The van der Waals surface area contributed by atoms with Crippen molar-refractivity contribution in [3.8, 4) is 5.69 Å². The quantitative estimate of drug-likeness (QED) is 0.786. The number of rotatable bonds is 4. The molecule has 7 heteroatoms. The van der Waals surface area contributed by atoms with Crippen molar-refractivity contribution in [2.45, 2.75) is 25.9 Å². The van der Waals surface area contributed by atoms with Crippen LogP contribution >= 0.6 is 11.6 Å². The van der Waals surface area contributed by atoms with Gasteiger partial charge in [0, 0.05) is 18.2 Å². The van der Waals surface area contributed by atoms with E-state index in [0.29, 0.717) is 5.02 Å². The van der Waals surface area contributed by atoms with E-state index in [0.717, 1.165) is 54.1 Å². The lowest BCUT2D eigenvalue weighted by atomic mass is 10.2. The average molecular weight is 344 g/mol. The molecule has 6 nitrogen and oxygen atoms in total. The molecule has 0 amide bonds. The summed E-state index contributed by atoms with van der Waals surface area (Å²) >= 11 is 6.14. The second kappa shape index (κ2) is 6.37. The summed E-state index contributed by atoms with van der Waals surface area (Å²) < 4.78 is 7.45. The number of aromatic nitrogens is 4. The van der Waals surface area contributed by atoms with Crippen LogP contribution in [-0.4, -0.2) is 39.0 Å². The van der Waals surface area contributed by atoms with Crippen LogP contribution in [0.1, 0.15) is 18.4 Å². The highest BCUT2D eigenvalue weighted by atomic mass is 35.5. The van der Waals surface area contributed by atoms with Crippen molar-refractivity contribution in [3.63, 3.8) is 0 Å². The molecule has 3 aromatic rings. The van der Waals surface area contributed by atoms with E-state index in [1.165, 1.54) is 0 Å². The first kappa shape index (κ1) is 15.4. The number of anilines is 1. The summed E-state index contributed by atoms with van der Waals surface area (Å²) in [6, 6.07) is 5.74. The van der Waals surface area contributed by atoms with Crippen LogP contribution in [0.15, 0.2) is 30.7 Å². The Bertz CT molecular complexity index is 873. The summed E-state index contributed by atoms with van der Waals surface area (Å²) in [5.41, 5.74) is 2.75. The van der Waals surface area contributed by atoms with Gasteiger partial charge in [0.1, 0.15) is 12.1 Å². The Labute approximate surface area is 144 Å². The van der Waals surface area contributed by atoms with E-state index >= 15 is 0 Å². The fourth-order valence-corrected chi connectivity index (χ4v) is 3.15. The van der Waals surface area contributed by atoms with Crippen LogP contribution in [0.2, 0.25) is 5.02 Å². The number of hydrogen-bond acceptors (Lipinski definition) is 5. The van der Waals surface area contributed by atoms with Crippen molar-refractivity contribution in [1.29, 1.82) is 0 Å². The van der Waals surface area contributed by atoms with Crippen molar-refractivity contribution < 1.29 is 4.74 Å². The van der Waals surface area contributed by atoms with Gasteiger partial charge < -0.3 is 10.1 Å². The van der Waals surface area contributed by atoms with Crippen molar-refractivity contribution >= 4 is 28.5 Å². The van der Waals surface area contributed by atoms with Gasteiger partial charge in [-0.05, 0) is 37.5 Å². The fourth-order valence-electron chi connectivity index (χ4n) is 2.99. The molecule has 0 spiro atoms. The number of benzene rings is 1. The van der Waals surface area contributed by atoms with Crippen molar-refractivity contribution in [2.24, 2.45) is 0 Å². The fraction of sp³-hybridized carbons (Fsp3) is 0.353. The number of nitrogens with one attached hydrogen (secondary N) is 1. The number of aryl methyl sites for hydroxylation is 1. The molecule has 1 aliphatic heterocycles. The third-order valence-electron chi connectivity index (χ3n) is 4.29. The highest BCUT2D eigenvalue weighted by Gasteiger charge is 2.17. The van der Waals surface area contributed by atoms with Crippen LogP contribution in [0.4, 0.5) is 5.82 Å². The van der Waals surface area contributed by atoms with E-state index in [4.69, 9.17) is 16.3 Å². The molecular weight excluding hydrogens is 326 g/mol. The minimum atomic E-state index is 0.250. The Morgan fingerprint density at radius 3 is 3.12 bits per heavy atom. The Hall–Kier alpha value is -2.18. The van der Waals surface area contributed by atoms with E-state index in [2.05, 4.69) is 20.4 Å². The van der Waals surface area contributed by atoms with Gasteiger partial charge in [0.15, 0.2) is 5.65 Å². The molecule has 1 atom stereocenters. The first-order valence-electron chi connectivity index (χ1n) is 8.03. The van der Waals surface area contributed by atoms with E-state index < -0.39 is 0 Å². The van der Waals surface area contributed by atoms with Gasteiger partial charge in [-0.3, -0.25) is 0 Å². The first-order valence-corrected chi connectivity index (χ1v) is 8.41. The Balaban J connectivity index is 1.69. The summed E-state index contributed by atoms with van der Waals surface area (Å²) in [7, 11) is 0. The Morgan fingerprint density at radius 1 is 1.38 bits per heavy atom. The summed E-state index contributed by atoms with van der Waals surface area (Å²) in [5.74, 6) is 0.779. The third kappa shape index (κ3) is 2.83. The summed E-state index contributed by atoms with van der Waals surface area (Å²) in [5, 5.41) is 9.41. The molecule has 1 fully saturated rings. The standard InChI is InChI=1S/C17H18ClN5O/c1-11-4-5-12(18)7-15(11)23-17-14(9-22-23)16(20-10-21-17)19-8-13-3-2-6-24-13/h4-5,7,9-10,13H,2-3,6,8H2,1H3,(H,19,20,21)/t13-/m0/s1. The molecule has 1 aromatic carbocycles. The second-order valence-electron chi connectivity index (χ2n) is 5.96. The summed E-state index contributed by atoms with van der Waals surface area (Å²) in [6.07, 6.45) is 5.80. The molecular formula is C17H18ClN5O. The molecule has 0 aliphatic carbocycles. The lowest BCUT2D eigenvalue weighted by Gasteiger charge is -2.12. The normalized spacial score (nSPS) is 17.5. The molecule has 1 saturated heterocycles. The Kier molecular flexibility index (Phi) is 4.08. The second-order valence-corrected chi connectivity index (χ2v) is 6.40. The molecule has 24 heavy (non-hydrogen) atoms. The number of hydrogen-bond donors (Lipinski definition) is 1. The number of ether oxygens (including phenoxy) is 1. The van der Waals surface area contributed by atoms with Gasteiger partial charge in [0.2, 0.25) is 0 Å². The number of halogens is 1. The monoisotopic (exact) mass is 343 g/mol. The summed E-state index contributed by atoms with van der Waals surface area (Å²) in [6.45, 7) is 3.61. The molecule has 0 saturated carbocycles. The molecule has 2 aromatic heterocycles. The highest BCUT2D eigenvalue weighted by molar-refractivity contribution is 6.30. The predicted molar refractivity (Wildman–Crippen MR) is 93.9 cm³/mol. The SMILES string of the molecule is Cc1ccc(Cl)cc1-n1ncc2c(NC[C@@H]3CCCO3)ncnc21. The van der Waals surface area contributed by atoms with Crippen LogP contribution in [0.25, 0.3) is 16.7 Å². The van der Waals surface area contributed by atoms with E-state index in [9.17, 15) is 0 Å². The zero-order valence-electron chi connectivity index (χ0n) is 13.4. The molecule has 4 rings (SSSR count). The van der Waals surface area contributed by atoms with Crippen molar-refractivity contribution in [1.82, 2.24) is 19.7 Å². The third-order valence-corrected chi connectivity index (χ3v) is 4.52. The molecule has 0 unspecified atom stereocenters. The van der Waals surface area contributed by atoms with Gasteiger partial charge in [0.25, 0.3) is 0 Å². The topological polar surface area (TPSA) is 64.9 Å². The lowest BCUT2D eigenvalue weighted by molar-refractivity contribution is 0.120. The van der Waals surface area contributed by atoms with Crippen LogP contribution < -0.4 is 5.32 Å². The van der Waals surface area contributed by atoms with E-state index in [1.807, 2.05) is 25.1 Å². The lowest BCUT2D eigenvalue weighted by Crippen LogP contribution is -2.19. The minimum absolute atomic E-state index is 0.250. The maximum absolute atomic E-state index is 6.14. The Morgan fingerprint density at radius 2 is 2.29 bits per heavy atom. The van der Waals surface area contributed by atoms with Crippen LogP contribution in [0, 0.1) is 6.92 Å². The predicted octanol–water partition coefficient (Wildman–Crippen LogP) is 3.37. The van der Waals surface area contributed by atoms with Crippen molar-refractivity contribution in [2.75, 3.05) is 18.5 Å². The summed E-state index contributed by atoms with van der Waals surface area (Å²) in [4.78, 5) is 8.76. The van der Waals surface area contributed by atoms with E-state index in [-0.39, 0.29) is 6.10 Å². The zero-order chi connectivity index (χ0) is 16.5. The van der Waals surface area contributed by atoms with Crippen molar-refractivity contribution in [3.05, 3.63) is 41.3 Å².